The maximum Gasteiger partial charge on any atom is 0.264 e. The molecule has 1 aromatic carbocycles. The third-order valence-corrected chi connectivity index (χ3v) is 3.84. The number of aliphatic hydroxyl groups excluding tert-OH is 2. The summed E-state index contributed by atoms with van der Waals surface area (Å²) in [5.74, 6) is 0.488. The minimum absolute atomic E-state index is 0.113. The largest absolute Gasteiger partial charge is 0.485 e. The first kappa shape index (κ1) is 15.1. The summed E-state index contributed by atoms with van der Waals surface area (Å²) in [5, 5.41) is 22.1. The third kappa shape index (κ3) is 3.16. The van der Waals surface area contributed by atoms with Gasteiger partial charge < -0.3 is 29.7 Å². The zero-order chi connectivity index (χ0) is 15.5. The maximum absolute atomic E-state index is 12.1. The van der Waals surface area contributed by atoms with Crippen LogP contribution >= 0.6 is 0 Å². The van der Waals surface area contributed by atoms with E-state index >= 15 is 0 Å². The van der Waals surface area contributed by atoms with Gasteiger partial charge >= 0.3 is 0 Å². The van der Waals surface area contributed by atoms with Crippen LogP contribution in [0.15, 0.2) is 24.3 Å². The Morgan fingerprint density at radius 2 is 1.95 bits per heavy atom. The normalized spacial score (nSPS) is 30.6. The summed E-state index contributed by atoms with van der Waals surface area (Å²) in [6.45, 7) is 0.749. The molecule has 2 heterocycles. The molecule has 0 saturated carbocycles. The molecule has 0 aliphatic carbocycles. The molecule has 0 radical (unpaired) electrons. The molecule has 1 aromatic rings. The average molecular weight is 309 g/mol. The second kappa shape index (κ2) is 6.51. The zero-order valence-corrected chi connectivity index (χ0v) is 12.0. The smallest absolute Gasteiger partial charge is 0.264 e. The number of carbonyl (C=O) groups is 1. The van der Waals surface area contributed by atoms with Crippen LogP contribution in [0.4, 0.5) is 0 Å². The number of fused-ring (bicyclic) bond motifs is 1. The van der Waals surface area contributed by atoms with Gasteiger partial charge in [0.15, 0.2) is 11.5 Å². The van der Waals surface area contributed by atoms with Gasteiger partial charge in [0.2, 0.25) is 6.10 Å². The number of hydrogen-bond donors (Lipinski definition) is 3. The Morgan fingerprint density at radius 1 is 1.18 bits per heavy atom. The Labute approximate surface area is 127 Å². The summed E-state index contributed by atoms with van der Waals surface area (Å²) < 4.78 is 16.3. The van der Waals surface area contributed by atoms with E-state index in [0.29, 0.717) is 18.1 Å². The average Bonchev–Trinajstić information content (AvgIpc) is 2.55. The van der Waals surface area contributed by atoms with E-state index in [-0.39, 0.29) is 31.6 Å². The Bertz CT molecular complexity index is 537. The van der Waals surface area contributed by atoms with Gasteiger partial charge in [0, 0.05) is 12.5 Å². The first-order valence-electron chi connectivity index (χ1n) is 7.25. The van der Waals surface area contributed by atoms with E-state index < -0.39 is 18.3 Å². The lowest BCUT2D eigenvalue weighted by Gasteiger charge is -2.32. The van der Waals surface area contributed by atoms with E-state index in [1.54, 1.807) is 18.2 Å². The number of nitrogens with one attached hydrogen (secondary N) is 1. The van der Waals surface area contributed by atoms with Gasteiger partial charge in [-0.3, -0.25) is 4.79 Å². The van der Waals surface area contributed by atoms with E-state index in [1.807, 2.05) is 6.07 Å². The van der Waals surface area contributed by atoms with Gasteiger partial charge in [0.1, 0.15) is 12.7 Å². The van der Waals surface area contributed by atoms with Crippen molar-refractivity contribution >= 4 is 5.91 Å². The van der Waals surface area contributed by atoms with Gasteiger partial charge in [-0.25, -0.2) is 0 Å². The summed E-state index contributed by atoms with van der Waals surface area (Å²) in [4.78, 5) is 12.1. The molecular weight excluding hydrogens is 290 g/mol. The van der Waals surface area contributed by atoms with Crippen molar-refractivity contribution in [1.29, 1.82) is 0 Å². The van der Waals surface area contributed by atoms with Gasteiger partial charge in [-0.15, -0.1) is 0 Å². The number of hydrogen-bond acceptors (Lipinski definition) is 6. The Balaban J connectivity index is 1.53. The van der Waals surface area contributed by atoms with Gasteiger partial charge in [-0.2, -0.15) is 0 Å². The minimum Gasteiger partial charge on any atom is -0.485 e. The van der Waals surface area contributed by atoms with Crippen molar-refractivity contribution in [1.82, 2.24) is 5.32 Å². The predicted molar refractivity (Wildman–Crippen MR) is 75.7 cm³/mol. The number of ether oxygens (including phenoxy) is 3. The van der Waals surface area contributed by atoms with Gasteiger partial charge in [0.25, 0.3) is 5.91 Å². The molecule has 3 N–H and O–H groups in total. The molecule has 2 aliphatic rings. The fourth-order valence-electron chi connectivity index (χ4n) is 2.53. The number of carbonyl (C=O) groups excluding carboxylic acids is 1. The number of amides is 1. The van der Waals surface area contributed by atoms with Crippen molar-refractivity contribution in [3.8, 4) is 11.5 Å². The predicted octanol–water partition coefficient (Wildman–Crippen LogP) is -0.689. The lowest BCUT2D eigenvalue weighted by atomic mass is 9.96. The van der Waals surface area contributed by atoms with Crippen LogP contribution in [0.2, 0.25) is 0 Å². The van der Waals surface area contributed by atoms with E-state index in [2.05, 4.69) is 5.32 Å². The van der Waals surface area contributed by atoms with E-state index in [4.69, 9.17) is 14.2 Å². The Morgan fingerprint density at radius 3 is 2.77 bits per heavy atom. The fourth-order valence-corrected chi connectivity index (χ4v) is 2.53. The van der Waals surface area contributed by atoms with E-state index in [9.17, 15) is 15.0 Å². The maximum atomic E-state index is 12.1. The molecule has 1 fully saturated rings. The second-order valence-corrected chi connectivity index (χ2v) is 5.46. The van der Waals surface area contributed by atoms with Gasteiger partial charge in [-0.05, 0) is 12.1 Å². The van der Waals surface area contributed by atoms with Crippen molar-refractivity contribution in [3.05, 3.63) is 24.3 Å². The molecule has 4 atom stereocenters. The van der Waals surface area contributed by atoms with E-state index in [0.717, 1.165) is 0 Å². The third-order valence-electron chi connectivity index (χ3n) is 3.84. The summed E-state index contributed by atoms with van der Waals surface area (Å²) in [5.41, 5.74) is 0. The standard InChI is InChI=1S/C15H19NO6/c17-10-7-20-6-9(14(10)18)5-16-15(19)13-8-21-11-3-1-2-4-12(11)22-13/h1-4,9-10,13-14,17-18H,5-8H2,(H,16,19)/t9-,10-,13-,14+/m1/s1. The molecule has 0 unspecified atom stereocenters. The molecule has 7 heteroatoms. The van der Waals surface area contributed by atoms with Crippen molar-refractivity contribution in [2.75, 3.05) is 26.4 Å². The van der Waals surface area contributed by atoms with Crippen molar-refractivity contribution in [2.24, 2.45) is 5.92 Å². The van der Waals surface area contributed by atoms with Crippen LogP contribution in [0, 0.1) is 5.92 Å². The van der Waals surface area contributed by atoms with Crippen LogP contribution in [0.5, 0.6) is 11.5 Å². The summed E-state index contributed by atoms with van der Waals surface area (Å²) >= 11 is 0. The first-order valence-corrected chi connectivity index (χ1v) is 7.25. The second-order valence-electron chi connectivity index (χ2n) is 5.46. The molecule has 22 heavy (non-hydrogen) atoms. The molecule has 3 rings (SSSR count). The molecule has 120 valence electrons. The molecule has 1 saturated heterocycles. The number of aliphatic hydroxyl groups is 2. The molecular formula is C15H19NO6. The SMILES string of the molecule is O=C(NC[C@@H]1COC[C@@H](O)[C@H]1O)[C@H]1COc2ccccc2O1. The molecule has 0 aromatic heterocycles. The van der Waals surface area contributed by atoms with Crippen LogP contribution in [0.3, 0.4) is 0 Å². The first-order chi connectivity index (χ1) is 10.6. The van der Waals surface area contributed by atoms with Crippen molar-refractivity contribution in [2.45, 2.75) is 18.3 Å². The highest BCUT2D eigenvalue weighted by Gasteiger charge is 2.33. The highest BCUT2D eigenvalue weighted by molar-refractivity contribution is 5.81. The molecule has 1 amide bonds. The monoisotopic (exact) mass is 309 g/mol. The Hall–Kier alpha value is -1.83. The van der Waals surface area contributed by atoms with Crippen molar-refractivity contribution in [3.63, 3.8) is 0 Å². The highest BCUT2D eigenvalue weighted by atomic mass is 16.6. The molecule has 0 bridgehead atoms. The number of para-hydroxylation sites is 2. The summed E-state index contributed by atoms with van der Waals surface area (Å²) in [6, 6.07) is 7.16. The lowest BCUT2D eigenvalue weighted by molar-refractivity contribution is -0.135. The summed E-state index contributed by atoms with van der Waals surface area (Å²) in [7, 11) is 0. The molecule has 2 aliphatic heterocycles. The lowest BCUT2D eigenvalue weighted by Crippen LogP contribution is -2.51. The van der Waals surface area contributed by atoms with Crippen LogP contribution in [-0.4, -0.2) is 60.8 Å². The van der Waals surface area contributed by atoms with Crippen molar-refractivity contribution < 1.29 is 29.2 Å². The molecule has 7 nitrogen and oxygen atoms in total. The Kier molecular flexibility index (Phi) is 4.47. The van der Waals surface area contributed by atoms with Crippen LogP contribution in [-0.2, 0) is 9.53 Å². The number of rotatable bonds is 3. The quantitative estimate of drug-likeness (QED) is 0.684. The fraction of sp³-hybridized carbons (Fsp3) is 0.533. The van der Waals surface area contributed by atoms with Crippen LogP contribution < -0.4 is 14.8 Å². The van der Waals surface area contributed by atoms with Gasteiger partial charge in [0.05, 0.1) is 19.3 Å². The highest BCUT2D eigenvalue weighted by Crippen LogP contribution is 2.30. The minimum atomic E-state index is -0.920. The molecule has 0 spiro atoms. The zero-order valence-electron chi connectivity index (χ0n) is 12.0. The van der Waals surface area contributed by atoms with Crippen LogP contribution in [0.25, 0.3) is 0 Å². The van der Waals surface area contributed by atoms with Crippen LogP contribution in [0.1, 0.15) is 0 Å². The summed E-state index contributed by atoms with van der Waals surface area (Å²) in [6.07, 6.45) is -2.56. The van der Waals surface area contributed by atoms with Gasteiger partial charge in [-0.1, -0.05) is 12.1 Å². The number of benzene rings is 1. The topological polar surface area (TPSA) is 97.3 Å². The van der Waals surface area contributed by atoms with E-state index in [1.165, 1.54) is 0 Å².